The molecular weight excluding hydrogens is 232 g/mol. The van der Waals surface area contributed by atoms with Gasteiger partial charge in [0.25, 0.3) is 0 Å². The van der Waals surface area contributed by atoms with Crippen LogP contribution in [0.1, 0.15) is 71.6 Å². The van der Waals surface area contributed by atoms with E-state index in [-0.39, 0.29) is 0 Å². The fraction of sp³-hybridized carbons (Fsp3) is 1.00. The van der Waals surface area contributed by atoms with Crippen LogP contribution in [0.15, 0.2) is 0 Å². The van der Waals surface area contributed by atoms with Crippen molar-refractivity contribution in [3.8, 4) is 0 Å². The molecule has 3 atom stereocenters. The lowest BCUT2D eigenvalue weighted by atomic mass is 9.93. The summed E-state index contributed by atoms with van der Waals surface area (Å²) in [5.74, 6) is 1.08. The van der Waals surface area contributed by atoms with Crippen LogP contribution in [0.25, 0.3) is 0 Å². The lowest BCUT2D eigenvalue weighted by Gasteiger charge is -2.44. The zero-order valence-electron chi connectivity index (χ0n) is 12.9. The van der Waals surface area contributed by atoms with Crippen molar-refractivity contribution < 1.29 is 0 Å². The minimum atomic E-state index is 0.812. The average molecular weight is 264 g/mol. The van der Waals surface area contributed by atoms with Gasteiger partial charge in [-0.15, -0.1) is 0 Å². The molecule has 3 fully saturated rings. The zero-order chi connectivity index (χ0) is 13.2. The summed E-state index contributed by atoms with van der Waals surface area (Å²) in [6.45, 7) is 5.90. The van der Waals surface area contributed by atoms with Crippen LogP contribution < -0.4 is 5.32 Å². The van der Waals surface area contributed by atoms with Gasteiger partial charge in [0, 0.05) is 24.2 Å². The second-order valence-corrected chi connectivity index (χ2v) is 7.20. The van der Waals surface area contributed by atoms with E-state index in [0.717, 1.165) is 30.1 Å². The number of hydrogen-bond donors (Lipinski definition) is 1. The molecule has 2 heterocycles. The molecular formula is C17H32N2. The predicted molar refractivity (Wildman–Crippen MR) is 81.4 cm³/mol. The van der Waals surface area contributed by atoms with Gasteiger partial charge in [-0.25, -0.2) is 0 Å². The van der Waals surface area contributed by atoms with Crippen LogP contribution in [-0.4, -0.2) is 35.6 Å². The van der Waals surface area contributed by atoms with Crippen molar-refractivity contribution in [3.63, 3.8) is 0 Å². The Labute approximate surface area is 119 Å². The van der Waals surface area contributed by atoms with Gasteiger partial charge in [0.1, 0.15) is 0 Å². The van der Waals surface area contributed by atoms with Crippen LogP contribution in [0, 0.1) is 5.92 Å². The van der Waals surface area contributed by atoms with E-state index in [1.807, 2.05) is 0 Å². The lowest BCUT2D eigenvalue weighted by molar-refractivity contribution is 0.0608. The van der Waals surface area contributed by atoms with Gasteiger partial charge in [0.2, 0.25) is 0 Å². The van der Waals surface area contributed by atoms with Crippen LogP contribution in [0.3, 0.4) is 0 Å². The van der Waals surface area contributed by atoms with E-state index in [1.54, 1.807) is 0 Å². The highest BCUT2D eigenvalue weighted by Crippen LogP contribution is 2.42. The molecule has 3 unspecified atom stereocenters. The van der Waals surface area contributed by atoms with Gasteiger partial charge in [0.05, 0.1) is 0 Å². The van der Waals surface area contributed by atoms with E-state index in [4.69, 9.17) is 0 Å². The molecule has 19 heavy (non-hydrogen) atoms. The molecule has 1 N–H and O–H groups in total. The van der Waals surface area contributed by atoms with Crippen LogP contribution in [0.4, 0.5) is 0 Å². The molecule has 0 radical (unpaired) electrons. The first-order valence-corrected chi connectivity index (χ1v) is 8.82. The number of piperidine rings is 1. The SMILES string of the molecule is CCCNC1CC2CCC(C1)N2C(CC)CC1CC1. The molecule has 0 spiro atoms. The first kappa shape index (κ1) is 13.9. The average Bonchev–Trinajstić information content (AvgIpc) is 3.20. The van der Waals surface area contributed by atoms with E-state index < -0.39 is 0 Å². The highest BCUT2D eigenvalue weighted by Gasteiger charge is 2.44. The lowest BCUT2D eigenvalue weighted by Crippen LogP contribution is -2.53. The maximum Gasteiger partial charge on any atom is 0.0116 e. The summed E-state index contributed by atoms with van der Waals surface area (Å²) >= 11 is 0. The zero-order valence-corrected chi connectivity index (χ0v) is 12.9. The highest BCUT2D eigenvalue weighted by molar-refractivity contribution is 5.00. The van der Waals surface area contributed by atoms with Gasteiger partial charge < -0.3 is 5.32 Å². The molecule has 2 nitrogen and oxygen atoms in total. The Balaban J connectivity index is 1.58. The molecule has 2 bridgehead atoms. The summed E-state index contributed by atoms with van der Waals surface area (Å²) in [5.41, 5.74) is 0. The van der Waals surface area contributed by atoms with Gasteiger partial charge in [-0.05, 0) is 57.4 Å². The Kier molecular flexibility index (Phi) is 4.48. The van der Waals surface area contributed by atoms with Crippen LogP contribution in [-0.2, 0) is 0 Å². The Morgan fingerprint density at radius 3 is 2.26 bits per heavy atom. The minimum absolute atomic E-state index is 0.812. The Morgan fingerprint density at radius 1 is 1.05 bits per heavy atom. The van der Waals surface area contributed by atoms with E-state index in [2.05, 4.69) is 24.1 Å². The van der Waals surface area contributed by atoms with E-state index >= 15 is 0 Å². The third kappa shape index (κ3) is 3.16. The standard InChI is InChI=1S/C17H32N2/c1-3-9-18-14-11-16-7-8-17(12-14)19(16)15(4-2)10-13-5-6-13/h13-18H,3-12H2,1-2H3. The van der Waals surface area contributed by atoms with Crippen molar-refractivity contribution in [1.29, 1.82) is 0 Å². The van der Waals surface area contributed by atoms with E-state index in [0.29, 0.717) is 0 Å². The smallest absolute Gasteiger partial charge is 0.0116 e. The number of fused-ring (bicyclic) bond motifs is 2. The summed E-state index contributed by atoms with van der Waals surface area (Å²) in [4.78, 5) is 2.96. The molecule has 0 aromatic heterocycles. The van der Waals surface area contributed by atoms with Gasteiger partial charge >= 0.3 is 0 Å². The van der Waals surface area contributed by atoms with Crippen molar-refractivity contribution in [1.82, 2.24) is 10.2 Å². The van der Waals surface area contributed by atoms with Gasteiger partial charge in [-0.3, -0.25) is 4.90 Å². The number of rotatable bonds is 7. The second-order valence-electron chi connectivity index (χ2n) is 7.20. The van der Waals surface area contributed by atoms with E-state index in [1.165, 1.54) is 64.3 Å². The van der Waals surface area contributed by atoms with Gasteiger partial charge in [0.15, 0.2) is 0 Å². The normalized spacial score (nSPS) is 36.6. The summed E-state index contributed by atoms with van der Waals surface area (Å²) in [7, 11) is 0. The summed E-state index contributed by atoms with van der Waals surface area (Å²) in [5, 5.41) is 3.78. The fourth-order valence-electron chi connectivity index (χ4n) is 4.56. The van der Waals surface area contributed by atoms with Crippen molar-refractivity contribution >= 4 is 0 Å². The number of hydrogen-bond acceptors (Lipinski definition) is 2. The monoisotopic (exact) mass is 264 g/mol. The fourth-order valence-corrected chi connectivity index (χ4v) is 4.56. The largest absolute Gasteiger partial charge is 0.314 e. The minimum Gasteiger partial charge on any atom is -0.314 e. The molecule has 0 aromatic rings. The van der Waals surface area contributed by atoms with Crippen molar-refractivity contribution in [2.75, 3.05) is 6.54 Å². The van der Waals surface area contributed by atoms with Crippen molar-refractivity contribution in [2.24, 2.45) is 5.92 Å². The van der Waals surface area contributed by atoms with E-state index in [9.17, 15) is 0 Å². The van der Waals surface area contributed by atoms with Gasteiger partial charge in [-0.2, -0.15) is 0 Å². The molecule has 2 heteroatoms. The van der Waals surface area contributed by atoms with Crippen LogP contribution in [0.2, 0.25) is 0 Å². The summed E-state index contributed by atoms with van der Waals surface area (Å²) < 4.78 is 0. The molecule has 2 saturated heterocycles. The molecule has 1 saturated carbocycles. The first-order valence-electron chi connectivity index (χ1n) is 8.82. The molecule has 110 valence electrons. The quantitative estimate of drug-likeness (QED) is 0.756. The predicted octanol–water partition coefficient (Wildman–Crippen LogP) is 3.56. The Hall–Kier alpha value is -0.0800. The Morgan fingerprint density at radius 2 is 1.74 bits per heavy atom. The maximum atomic E-state index is 3.78. The summed E-state index contributed by atoms with van der Waals surface area (Å²) in [6.07, 6.45) is 12.9. The molecule has 0 aromatic carbocycles. The molecule has 3 aliphatic rings. The number of nitrogens with zero attached hydrogens (tertiary/aromatic N) is 1. The molecule has 0 amide bonds. The van der Waals surface area contributed by atoms with Crippen LogP contribution >= 0.6 is 0 Å². The Bertz CT molecular complexity index is 273. The second kappa shape index (κ2) is 6.13. The third-order valence-electron chi connectivity index (χ3n) is 5.67. The highest BCUT2D eigenvalue weighted by atomic mass is 15.3. The van der Waals surface area contributed by atoms with Crippen molar-refractivity contribution in [2.45, 2.75) is 95.8 Å². The third-order valence-corrected chi connectivity index (χ3v) is 5.67. The molecule has 2 aliphatic heterocycles. The maximum absolute atomic E-state index is 3.78. The van der Waals surface area contributed by atoms with Crippen molar-refractivity contribution in [3.05, 3.63) is 0 Å². The van der Waals surface area contributed by atoms with Gasteiger partial charge in [-0.1, -0.05) is 26.7 Å². The summed E-state index contributed by atoms with van der Waals surface area (Å²) in [6, 6.07) is 3.51. The molecule has 3 rings (SSSR count). The van der Waals surface area contributed by atoms with Crippen LogP contribution in [0.5, 0.6) is 0 Å². The topological polar surface area (TPSA) is 15.3 Å². The molecule has 1 aliphatic carbocycles. The first-order chi connectivity index (χ1) is 9.31. The number of nitrogens with one attached hydrogen (secondary N) is 1.